The van der Waals surface area contributed by atoms with Gasteiger partial charge in [0.2, 0.25) is 5.95 Å². The Kier molecular flexibility index (Phi) is 6.97. The van der Waals surface area contributed by atoms with Gasteiger partial charge in [-0.3, -0.25) is 13.9 Å². The molecule has 0 bridgehead atoms. The minimum atomic E-state index is -0.160. The summed E-state index contributed by atoms with van der Waals surface area (Å²) in [5.41, 5.74) is 10.3. The van der Waals surface area contributed by atoms with Crippen LogP contribution >= 0.6 is 12.6 Å². The zero-order valence-corrected chi connectivity index (χ0v) is 30.2. The maximum atomic E-state index is 14.1. The molecule has 11 rings (SSSR count). The monoisotopic (exact) mass is 723 g/mol. The lowest BCUT2D eigenvalue weighted by Gasteiger charge is -2.14. The number of hydrogen-bond acceptors (Lipinski definition) is 4. The maximum absolute atomic E-state index is 14.1. The molecule has 4 heterocycles. The van der Waals surface area contributed by atoms with Gasteiger partial charge >= 0.3 is 0 Å². The molecule has 0 atom stereocenters. The van der Waals surface area contributed by atoms with E-state index in [1.807, 2.05) is 66.7 Å². The summed E-state index contributed by atoms with van der Waals surface area (Å²) in [6, 6.07) is 49.3. The Balaban J connectivity index is 1.11. The summed E-state index contributed by atoms with van der Waals surface area (Å²) in [5.74, 6) is 7.48. The van der Waals surface area contributed by atoms with E-state index in [1.165, 1.54) is 5.39 Å². The van der Waals surface area contributed by atoms with Crippen molar-refractivity contribution in [3.63, 3.8) is 0 Å². The minimum absolute atomic E-state index is 0.160. The molecule has 0 spiro atoms. The van der Waals surface area contributed by atoms with Crippen LogP contribution in [-0.4, -0.2) is 23.7 Å². The van der Waals surface area contributed by atoms with Gasteiger partial charge in [-0.05, 0) is 60.7 Å². The Bertz CT molecular complexity index is 3380. The molecule has 1 aliphatic rings. The minimum Gasteiger partial charge on any atom is -0.309 e. The molecule has 0 aliphatic heterocycles. The normalized spacial score (nSPS) is 12.6. The molecule has 0 radical (unpaired) electrons. The molecule has 0 amide bonds. The summed E-state index contributed by atoms with van der Waals surface area (Å²) in [7, 11) is 0. The highest BCUT2D eigenvalue weighted by Gasteiger charge is 2.23. The summed E-state index contributed by atoms with van der Waals surface area (Å²) in [5, 5.41) is 4.72. The number of rotatable bonds is 4. The fourth-order valence-corrected chi connectivity index (χ4v) is 8.59. The van der Waals surface area contributed by atoms with E-state index in [2.05, 4.69) is 106 Å². The summed E-state index contributed by atoms with van der Waals surface area (Å²) in [6.07, 6.45) is 4.35. The number of nitrogens with zero attached hydrogens (tertiary/aromatic N) is 5. The third kappa shape index (κ3) is 4.75. The quantitative estimate of drug-likeness (QED) is 0.112. The van der Waals surface area contributed by atoms with Crippen LogP contribution in [0, 0.1) is 11.8 Å². The molecule has 55 heavy (non-hydrogen) atoms. The second kappa shape index (κ2) is 12.2. The molecule has 0 fully saturated rings. The molecular weight excluding hydrogens is 695 g/mol. The Labute approximate surface area is 320 Å². The smallest absolute Gasteiger partial charge is 0.266 e. The van der Waals surface area contributed by atoms with Crippen molar-refractivity contribution in [2.75, 3.05) is 0 Å². The molecule has 0 saturated heterocycles. The second-order valence-electron chi connectivity index (χ2n) is 13.7. The number of fused-ring (bicyclic) bond motifs is 9. The maximum Gasteiger partial charge on any atom is 0.266 e. The topological polar surface area (TPSA) is 57.6 Å². The summed E-state index contributed by atoms with van der Waals surface area (Å²) in [6.45, 7) is 0. The van der Waals surface area contributed by atoms with Crippen LogP contribution in [-0.2, 0) is 6.42 Å². The molecule has 7 heteroatoms. The fraction of sp³-hybridized carbons (Fsp3) is 0.0208. The Morgan fingerprint density at radius 1 is 0.582 bits per heavy atom. The third-order valence-corrected chi connectivity index (χ3v) is 11.1. The Hall–Kier alpha value is -7.14. The number of allylic oxidation sites excluding steroid dienone is 1. The van der Waals surface area contributed by atoms with E-state index in [-0.39, 0.29) is 5.56 Å². The van der Waals surface area contributed by atoms with Crippen LogP contribution in [0.5, 0.6) is 0 Å². The van der Waals surface area contributed by atoms with Crippen molar-refractivity contribution in [3.8, 4) is 29.2 Å². The lowest BCUT2D eigenvalue weighted by Crippen LogP contribution is -2.20. The van der Waals surface area contributed by atoms with Crippen LogP contribution in [0.2, 0.25) is 0 Å². The van der Waals surface area contributed by atoms with E-state index in [0.29, 0.717) is 23.3 Å². The van der Waals surface area contributed by atoms with Gasteiger partial charge in [0.1, 0.15) is 0 Å². The van der Waals surface area contributed by atoms with Gasteiger partial charge in [-0.1, -0.05) is 103 Å². The lowest BCUT2D eigenvalue weighted by molar-refractivity contribution is 0.921. The van der Waals surface area contributed by atoms with Crippen molar-refractivity contribution < 1.29 is 0 Å². The standard InChI is InChI=1S/C48H29N5OS/c54-47-39-29-49-48(50-46(39)35-21-9-12-24-42(35)52(47)32-17-5-2-6-18-32)53-41-23-11-8-19-33(41)37-26-30(14-13-25-43(37)53)36-27-38-34-20-7-10-22-40(34)51(44(38)28-45(36)55)31-15-3-1-4-16-31/h1-12,15-24,26-29,55H,25H2. The molecule has 0 unspecified atom stereocenters. The van der Waals surface area contributed by atoms with Crippen LogP contribution in [0.4, 0.5) is 0 Å². The molecule has 6 nitrogen and oxygen atoms in total. The molecule has 4 aromatic heterocycles. The van der Waals surface area contributed by atoms with E-state index in [1.54, 1.807) is 10.8 Å². The average molecular weight is 724 g/mol. The molecular formula is C48H29N5OS. The first kappa shape index (κ1) is 31.4. The van der Waals surface area contributed by atoms with Gasteiger partial charge in [0.15, 0.2) is 0 Å². The van der Waals surface area contributed by atoms with Crippen molar-refractivity contribution in [3.05, 3.63) is 179 Å². The number of thiol groups is 1. The number of hydrogen-bond donors (Lipinski definition) is 1. The largest absolute Gasteiger partial charge is 0.309 e. The Morgan fingerprint density at radius 2 is 1.18 bits per heavy atom. The first-order chi connectivity index (χ1) is 27.1. The van der Waals surface area contributed by atoms with Gasteiger partial charge in [0.25, 0.3) is 5.56 Å². The van der Waals surface area contributed by atoms with E-state index in [4.69, 9.17) is 22.6 Å². The van der Waals surface area contributed by atoms with Crippen LogP contribution in [0.25, 0.3) is 83.5 Å². The van der Waals surface area contributed by atoms with Crippen molar-refractivity contribution in [2.24, 2.45) is 0 Å². The van der Waals surface area contributed by atoms with Crippen molar-refractivity contribution in [2.45, 2.75) is 11.3 Å². The van der Waals surface area contributed by atoms with Crippen LogP contribution in [0.15, 0.2) is 161 Å². The third-order valence-electron chi connectivity index (χ3n) is 10.7. The van der Waals surface area contributed by atoms with Gasteiger partial charge in [-0.2, -0.15) is 0 Å². The number of para-hydroxylation sites is 5. The predicted octanol–water partition coefficient (Wildman–Crippen LogP) is 10.4. The molecule has 0 N–H and O–H groups in total. The molecule has 1 aliphatic carbocycles. The number of benzene rings is 6. The highest BCUT2D eigenvalue weighted by atomic mass is 32.1. The summed E-state index contributed by atoms with van der Waals surface area (Å²) < 4.78 is 6.15. The highest BCUT2D eigenvalue weighted by Crippen LogP contribution is 2.39. The van der Waals surface area contributed by atoms with Gasteiger partial charge in [-0.15, -0.1) is 12.6 Å². The van der Waals surface area contributed by atoms with Crippen molar-refractivity contribution in [1.82, 2.24) is 23.7 Å². The van der Waals surface area contributed by atoms with Crippen LogP contribution in [0.3, 0.4) is 0 Å². The van der Waals surface area contributed by atoms with E-state index in [9.17, 15) is 4.79 Å². The second-order valence-corrected chi connectivity index (χ2v) is 14.2. The van der Waals surface area contributed by atoms with E-state index < -0.39 is 0 Å². The molecule has 0 saturated carbocycles. The Morgan fingerprint density at radius 3 is 1.91 bits per heavy atom. The number of pyridine rings is 1. The highest BCUT2D eigenvalue weighted by molar-refractivity contribution is 7.80. The first-order valence-corrected chi connectivity index (χ1v) is 18.6. The van der Waals surface area contributed by atoms with E-state index >= 15 is 0 Å². The zero-order chi connectivity index (χ0) is 36.6. The van der Waals surface area contributed by atoms with Crippen molar-refractivity contribution >= 4 is 78.8 Å². The first-order valence-electron chi connectivity index (χ1n) is 18.2. The summed E-state index contributed by atoms with van der Waals surface area (Å²) >= 11 is 5.09. The average Bonchev–Trinajstić information content (AvgIpc) is 3.62. The van der Waals surface area contributed by atoms with Gasteiger partial charge < -0.3 is 4.57 Å². The molecule has 6 aromatic carbocycles. The van der Waals surface area contributed by atoms with Crippen LogP contribution in [0.1, 0.15) is 16.8 Å². The fourth-order valence-electron chi connectivity index (χ4n) is 8.28. The van der Waals surface area contributed by atoms with Gasteiger partial charge in [0, 0.05) is 66.4 Å². The predicted molar refractivity (Wildman–Crippen MR) is 227 cm³/mol. The SMILES string of the molecule is O=c1c2cnc(-n3c4c(c5ccccc53)C=C(c3cc5c6ccccc6n(-c6ccccc6)c5cc3S)C#CC4)nc2c2ccccc2n1-c1ccccc1. The van der Waals surface area contributed by atoms with Crippen LogP contribution < -0.4 is 5.56 Å². The summed E-state index contributed by atoms with van der Waals surface area (Å²) in [4.78, 5) is 25.0. The van der Waals surface area contributed by atoms with Gasteiger partial charge in [-0.25, -0.2) is 9.97 Å². The zero-order valence-electron chi connectivity index (χ0n) is 29.3. The van der Waals surface area contributed by atoms with Crippen molar-refractivity contribution in [1.29, 1.82) is 0 Å². The lowest BCUT2D eigenvalue weighted by atomic mass is 10.00. The molecule has 258 valence electrons. The van der Waals surface area contributed by atoms with E-state index in [0.717, 1.165) is 76.9 Å². The van der Waals surface area contributed by atoms with Gasteiger partial charge in [0.05, 0.1) is 39.4 Å². The molecule has 10 aromatic rings. The number of aromatic nitrogens is 5.